The van der Waals surface area contributed by atoms with Gasteiger partial charge in [-0.05, 0) is 83.0 Å². The second-order valence-corrected chi connectivity index (χ2v) is 17.4. The Morgan fingerprint density at radius 3 is 1.20 bits per heavy atom. The van der Waals surface area contributed by atoms with Gasteiger partial charge in [0.15, 0.2) is 0 Å². The third-order valence-electron chi connectivity index (χ3n) is 8.86. The molecule has 0 aliphatic rings. The van der Waals surface area contributed by atoms with Crippen LogP contribution >= 0.6 is 21.6 Å². The largest absolute Gasteiger partial charge is 0.330 e. The summed E-state index contributed by atoms with van der Waals surface area (Å²) in [5.74, 6) is 3.57. The van der Waals surface area contributed by atoms with Crippen LogP contribution in [0.1, 0.15) is 181 Å². The zero-order chi connectivity index (χ0) is 33.7. The molecule has 3 heteroatoms. The van der Waals surface area contributed by atoms with Crippen molar-refractivity contribution >= 4 is 21.6 Å². The fourth-order valence-electron chi connectivity index (χ4n) is 5.67. The number of rotatable bonds is 36. The highest BCUT2D eigenvalue weighted by atomic mass is 33.1. The molecule has 0 spiro atoms. The van der Waals surface area contributed by atoms with Crippen molar-refractivity contribution < 1.29 is 4.48 Å². The second kappa shape index (κ2) is 37.4. The van der Waals surface area contributed by atoms with E-state index < -0.39 is 0 Å². The van der Waals surface area contributed by atoms with Gasteiger partial charge in [-0.15, -0.1) is 0 Å². The monoisotopic (exact) mass is 677 g/mol. The van der Waals surface area contributed by atoms with Crippen molar-refractivity contribution in [3.8, 4) is 0 Å². The molecule has 0 heterocycles. The van der Waals surface area contributed by atoms with Crippen LogP contribution in [-0.2, 0) is 0 Å². The highest BCUT2D eigenvalue weighted by molar-refractivity contribution is 8.76. The van der Waals surface area contributed by atoms with Crippen LogP contribution in [0.4, 0.5) is 0 Å². The highest BCUT2D eigenvalue weighted by Gasteiger charge is 2.11. The molecule has 0 rings (SSSR count). The molecule has 0 aliphatic carbocycles. The number of quaternary nitrogens is 1. The Hall–Kier alpha value is -0.380. The Kier molecular flexibility index (Phi) is 37.1. The van der Waals surface area contributed by atoms with Crippen molar-refractivity contribution in [1.29, 1.82) is 0 Å². The minimum atomic E-state index is 0.929. The van der Waals surface area contributed by atoms with Crippen molar-refractivity contribution in [3.05, 3.63) is 48.6 Å². The van der Waals surface area contributed by atoms with Gasteiger partial charge in [0.05, 0.1) is 33.4 Å². The van der Waals surface area contributed by atoms with E-state index >= 15 is 0 Å². The van der Waals surface area contributed by atoms with Crippen LogP contribution in [-0.4, -0.2) is 43.7 Å². The Bertz CT molecular complexity index is 654. The zero-order valence-corrected chi connectivity index (χ0v) is 33.6. The van der Waals surface area contributed by atoms with Gasteiger partial charge in [-0.3, -0.25) is 0 Å². The summed E-state index contributed by atoms with van der Waals surface area (Å²) in [7, 11) is 11.2. The molecular formula is C43H82NS2+. The molecule has 0 saturated carbocycles. The molecule has 270 valence electrons. The fourth-order valence-corrected chi connectivity index (χ4v) is 8.47. The van der Waals surface area contributed by atoms with Crippen molar-refractivity contribution in [2.75, 3.05) is 39.2 Å². The first-order chi connectivity index (χ1) is 22.5. The molecule has 0 N–H and O–H groups in total. The molecule has 0 atom stereocenters. The Morgan fingerprint density at radius 1 is 0.435 bits per heavy atom. The quantitative estimate of drug-likeness (QED) is 0.0280. The van der Waals surface area contributed by atoms with Crippen molar-refractivity contribution in [3.63, 3.8) is 0 Å². The molecular weight excluding hydrogens is 595 g/mol. The summed E-state index contributed by atoms with van der Waals surface area (Å²) in [5, 5.41) is 0. The van der Waals surface area contributed by atoms with Gasteiger partial charge >= 0.3 is 0 Å². The third-order valence-corrected chi connectivity index (χ3v) is 11.4. The molecule has 0 radical (unpaired) electrons. The SMILES string of the molecule is CCCCCC=CCC=CCCCCCCCCC(CCCCCCCCC=CCC=CCCCCC)CSSCC[N+](C)(C)C. The van der Waals surface area contributed by atoms with E-state index in [1.54, 1.807) is 0 Å². The average molecular weight is 677 g/mol. The average Bonchev–Trinajstić information content (AvgIpc) is 3.03. The predicted molar refractivity (Wildman–Crippen MR) is 219 cm³/mol. The molecule has 0 saturated heterocycles. The minimum Gasteiger partial charge on any atom is -0.330 e. The van der Waals surface area contributed by atoms with Crippen LogP contribution in [0, 0.1) is 5.92 Å². The first kappa shape index (κ1) is 45.6. The topological polar surface area (TPSA) is 0 Å². The Labute approximate surface area is 299 Å². The molecule has 0 aromatic heterocycles. The molecule has 46 heavy (non-hydrogen) atoms. The minimum absolute atomic E-state index is 0.929. The second-order valence-electron chi connectivity index (χ2n) is 14.7. The normalized spacial score (nSPS) is 13.4. The van der Waals surface area contributed by atoms with Gasteiger partial charge in [-0.2, -0.15) is 0 Å². The molecule has 0 fully saturated rings. The molecule has 0 unspecified atom stereocenters. The summed E-state index contributed by atoms with van der Waals surface area (Å²) in [5.41, 5.74) is 0. The van der Waals surface area contributed by atoms with Crippen LogP contribution in [0.2, 0.25) is 0 Å². The number of hydrogen-bond donors (Lipinski definition) is 0. The van der Waals surface area contributed by atoms with Gasteiger partial charge in [0.2, 0.25) is 0 Å². The van der Waals surface area contributed by atoms with Crippen molar-refractivity contribution in [1.82, 2.24) is 0 Å². The van der Waals surface area contributed by atoms with Gasteiger partial charge < -0.3 is 4.48 Å². The molecule has 0 aromatic rings. The van der Waals surface area contributed by atoms with E-state index in [1.807, 2.05) is 0 Å². The lowest BCUT2D eigenvalue weighted by Crippen LogP contribution is -2.36. The number of unbranched alkanes of at least 4 members (excludes halogenated alkanes) is 18. The smallest absolute Gasteiger partial charge is 0.0880 e. The fraction of sp³-hybridized carbons (Fsp3) is 0.814. The van der Waals surface area contributed by atoms with E-state index in [9.17, 15) is 0 Å². The van der Waals surface area contributed by atoms with Gasteiger partial charge in [0.1, 0.15) is 0 Å². The molecule has 0 aromatic carbocycles. The van der Waals surface area contributed by atoms with E-state index in [1.165, 1.54) is 172 Å². The number of hydrogen-bond acceptors (Lipinski definition) is 2. The lowest BCUT2D eigenvalue weighted by molar-refractivity contribution is -0.867. The van der Waals surface area contributed by atoms with Crippen LogP contribution in [0.3, 0.4) is 0 Å². The van der Waals surface area contributed by atoms with Crippen LogP contribution in [0.15, 0.2) is 48.6 Å². The molecule has 0 aliphatic heterocycles. The summed E-state index contributed by atoms with van der Waals surface area (Å²) < 4.78 is 1.08. The highest BCUT2D eigenvalue weighted by Crippen LogP contribution is 2.29. The van der Waals surface area contributed by atoms with Crippen molar-refractivity contribution in [2.24, 2.45) is 5.92 Å². The third kappa shape index (κ3) is 39.8. The van der Waals surface area contributed by atoms with Gasteiger partial charge in [0.25, 0.3) is 0 Å². The summed E-state index contributed by atoms with van der Waals surface area (Å²) >= 11 is 0. The van der Waals surface area contributed by atoms with E-state index in [0.29, 0.717) is 0 Å². The van der Waals surface area contributed by atoms with E-state index in [-0.39, 0.29) is 0 Å². The van der Waals surface area contributed by atoms with E-state index in [2.05, 4.69) is 105 Å². The van der Waals surface area contributed by atoms with E-state index in [0.717, 1.165) is 23.2 Å². The van der Waals surface area contributed by atoms with Crippen LogP contribution in [0.5, 0.6) is 0 Å². The van der Waals surface area contributed by atoms with Crippen LogP contribution in [0.25, 0.3) is 0 Å². The zero-order valence-electron chi connectivity index (χ0n) is 32.0. The van der Waals surface area contributed by atoms with Gasteiger partial charge in [-0.25, -0.2) is 0 Å². The Morgan fingerprint density at radius 2 is 0.804 bits per heavy atom. The Balaban J connectivity index is 3.95. The number of nitrogens with zero attached hydrogens (tertiary/aromatic N) is 1. The summed E-state index contributed by atoms with van der Waals surface area (Å²) in [6, 6.07) is 0. The summed E-state index contributed by atoms with van der Waals surface area (Å²) in [4.78, 5) is 0. The van der Waals surface area contributed by atoms with Crippen LogP contribution < -0.4 is 0 Å². The first-order valence-corrected chi connectivity index (χ1v) is 22.6. The predicted octanol–water partition coefficient (Wildman–Crippen LogP) is 15.1. The maximum atomic E-state index is 2.41. The maximum Gasteiger partial charge on any atom is 0.0880 e. The molecule has 0 bridgehead atoms. The van der Waals surface area contributed by atoms with Gasteiger partial charge in [-0.1, -0.05) is 174 Å². The van der Waals surface area contributed by atoms with E-state index in [4.69, 9.17) is 0 Å². The number of allylic oxidation sites excluding steroid dienone is 8. The van der Waals surface area contributed by atoms with Gasteiger partial charge in [0, 0.05) is 5.75 Å². The summed E-state index contributed by atoms with van der Waals surface area (Å²) in [6.45, 7) is 5.82. The molecule has 1 nitrogen and oxygen atoms in total. The summed E-state index contributed by atoms with van der Waals surface area (Å²) in [6.07, 6.45) is 54.3. The standard InChI is InChI=1S/C43H82NS2/c1-6-8-10-12-14-16-18-20-22-24-26-28-30-32-34-36-38-43(42-46-45-41-40-44(3,4)5)39-37-35-33-31-29-27-25-23-21-19-17-15-13-11-9-7-2/h14-17,20-23,43H,6-13,18-19,24-42H2,1-5H3/q+1. The van der Waals surface area contributed by atoms with Crippen molar-refractivity contribution in [2.45, 2.75) is 181 Å². The lowest BCUT2D eigenvalue weighted by Gasteiger charge is -2.23. The first-order valence-electron chi connectivity index (χ1n) is 20.1. The lowest BCUT2D eigenvalue weighted by atomic mass is 9.95. The molecule has 0 amide bonds. The maximum absolute atomic E-state index is 2.41.